The van der Waals surface area contributed by atoms with Gasteiger partial charge in [0, 0.05) is 37.4 Å². The Labute approximate surface area is 108 Å². The lowest BCUT2D eigenvalue weighted by Crippen LogP contribution is -2.54. The fraction of sp³-hybridized carbons (Fsp3) is 0.571. The molecule has 0 saturated carbocycles. The van der Waals surface area contributed by atoms with E-state index >= 15 is 0 Å². The molecule has 100 valence electrons. The summed E-state index contributed by atoms with van der Waals surface area (Å²) < 4.78 is 19.1. The van der Waals surface area contributed by atoms with Crippen molar-refractivity contribution in [3.05, 3.63) is 35.6 Å². The number of nitrogens with two attached hydrogens (primary N) is 1. The molecule has 18 heavy (non-hydrogen) atoms. The van der Waals surface area contributed by atoms with Gasteiger partial charge in [-0.25, -0.2) is 4.39 Å². The van der Waals surface area contributed by atoms with Gasteiger partial charge in [-0.05, 0) is 26.0 Å². The number of hydrogen-bond donors (Lipinski definition) is 1. The van der Waals surface area contributed by atoms with Crippen molar-refractivity contribution in [2.45, 2.75) is 24.9 Å². The van der Waals surface area contributed by atoms with Crippen molar-refractivity contribution >= 4 is 0 Å². The maximum atomic E-state index is 13.7. The summed E-state index contributed by atoms with van der Waals surface area (Å²) in [7, 11) is 2.02. The van der Waals surface area contributed by atoms with E-state index < -0.39 is 0 Å². The first-order valence-electron chi connectivity index (χ1n) is 6.40. The van der Waals surface area contributed by atoms with Crippen LogP contribution in [0.15, 0.2) is 24.3 Å². The first kappa shape index (κ1) is 13.5. The highest BCUT2D eigenvalue weighted by atomic mass is 19.1. The molecular formula is C14H21FN2O. The van der Waals surface area contributed by atoms with Gasteiger partial charge in [0.15, 0.2) is 0 Å². The maximum Gasteiger partial charge on any atom is 0.127 e. The highest BCUT2D eigenvalue weighted by Crippen LogP contribution is 2.27. The number of halogens is 1. The van der Waals surface area contributed by atoms with Gasteiger partial charge in [-0.3, -0.25) is 4.90 Å². The Balaban J connectivity index is 2.10. The minimum atomic E-state index is -0.149. The van der Waals surface area contributed by atoms with E-state index in [0.29, 0.717) is 13.1 Å². The number of rotatable bonds is 4. The van der Waals surface area contributed by atoms with Crippen molar-refractivity contribution in [2.75, 3.05) is 26.8 Å². The summed E-state index contributed by atoms with van der Waals surface area (Å²) in [6, 6.07) is 6.91. The zero-order valence-electron chi connectivity index (χ0n) is 10.9. The van der Waals surface area contributed by atoms with Crippen LogP contribution in [0, 0.1) is 5.82 Å². The molecule has 1 aliphatic rings. The fourth-order valence-electron chi connectivity index (χ4n) is 2.54. The molecule has 0 amide bonds. The molecule has 2 N–H and O–H groups in total. The molecule has 0 unspecified atom stereocenters. The van der Waals surface area contributed by atoms with Gasteiger partial charge in [0.25, 0.3) is 0 Å². The minimum Gasteiger partial charge on any atom is -0.381 e. The topological polar surface area (TPSA) is 38.5 Å². The number of ether oxygens (including phenoxy) is 1. The number of benzene rings is 1. The summed E-state index contributed by atoms with van der Waals surface area (Å²) >= 11 is 0. The van der Waals surface area contributed by atoms with Crippen molar-refractivity contribution in [2.24, 2.45) is 5.73 Å². The third kappa shape index (κ3) is 2.71. The van der Waals surface area contributed by atoms with Crippen molar-refractivity contribution in [3.63, 3.8) is 0 Å². The molecule has 0 atom stereocenters. The van der Waals surface area contributed by atoms with Crippen molar-refractivity contribution < 1.29 is 9.13 Å². The van der Waals surface area contributed by atoms with Crippen molar-refractivity contribution in [1.82, 2.24) is 4.90 Å². The lowest BCUT2D eigenvalue weighted by molar-refractivity contribution is -0.0166. The van der Waals surface area contributed by atoms with Gasteiger partial charge < -0.3 is 10.5 Å². The van der Waals surface area contributed by atoms with Crippen molar-refractivity contribution in [1.29, 1.82) is 0 Å². The zero-order valence-corrected chi connectivity index (χ0v) is 10.9. The molecule has 4 heteroatoms. The third-order valence-corrected chi connectivity index (χ3v) is 3.98. The molecule has 2 rings (SSSR count). The Morgan fingerprint density at radius 3 is 2.61 bits per heavy atom. The highest BCUT2D eigenvalue weighted by Gasteiger charge is 2.35. The fourth-order valence-corrected chi connectivity index (χ4v) is 2.54. The number of likely N-dealkylation sites (N-methyl/N-ethyl adjacent to an activating group) is 1. The van der Waals surface area contributed by atoms with Crippen LogP contribution in [0.3, 0.4) is 0 Å². The lowest BCUT2D eigenvalue weighted by Gasteiger charge is -2.44. The summed E-state index contributed by atoms with van der Waals surface area (Å²) in [5.41, 5.74) is 6.61. The Hall–Kier alpha value is -0.970. The SMILES string of the molecule is CN(Cc1ccccc1F)C1(CN)CCOCC1. The number of nitrogens with zero attached hydrogens (tertiary/aromatic N) is 1. The standard InChI is InChI=1S/C14H21FN2O/c1-17(10-12-4-2-3-5-13(12)15)14(11-16)6-8-18-9-7-14/h2-5H,6-11,16H2,1H3. The van der Waals surface area contributed by atoms with Crippen LogP contribution in [0.1, 0.15) is 18.4 Å². The van der Waals surface area contributed by atoms with E-state index in [-0.39, 0.29) is 11.4 Å². The van der Waals surface area contributed by atoms with Crippen LogP contribution in [0.4, 0.5) is 4.39 Å². The van der Waals surface area contributed by atoms with Gasteiger partial charge in [0.1, 0.15) is 5.82 Å². The van der Waals surface area contributed by atoms with E-state index in [0.717, 1.165) is 31.6 Å². The largest absolute Gasteiger partial charge is 0.381 e. The molecule has 0 spiro atoms. The van der Waals surface area contributed by atoms with Gasteiger partial charge in [-0.15, -0.1) is 0 Å². The van der Waals surface area contributed by atoms with Crippen LogP contribution in [0.25, 0.3) is 0 Å². The van der Waals surface area contributed by atoms with Crippen LogP contribution >= 0.6 is 0 Å². The highest BCUT2D eigenvalue weighted by molar-refractivity contribution is 5.17. The predicted molar refractivity (Wildman–Crippen MR) is 69.7 cm³/mol. The van der Waals surface area contributed by atoms with Gasteiger partial charge >= 0.3 is 0 Å². The molecule has 1 aromatic carbocycles. The predicted octanol–water partition coefficient (Wildman–Crippen LogP) is 1.77. The van der Waals surface area contributed by atoms with Crippen LogP contribution in [-0.4, -0.2) is 37.2 Å². The van der Waals surface area contributed by atoms with Gasteiger partial charge in [0.2, 0.25) is 0 Å². The Morgan fingerprint density at radius 1 is 1.33 bits per heavy atom. The minimum absolute atomic E-state index is 0.0550. The van der Waals surface area contributed by atoms with Gasteiger partial charge in [-0.1, -0.05) is 18.2 Å². The van der Waals surface area contributed by atoms with E-state index in [1.54, 1.807) is 6.07 Å². The number of hydrogen-bond acceptors (Lipinski definition) is 3. The molecule has 1 aliphatic heterocycles. The second kappa shape index (κ2) is 5.78. The summed E-state index contributed by atoms with van der Waals surface area (Å²) in [5, 5.41) is 0. The van der Waals surface area contributed by atoms with E-state index in [9.17, 15) is 4.39 Å². The second-order valence-corrected chi connectivity index (χ2v) is 4.99. The first-order chi connectivity index (χ1) is 8.68. The molecule has 0 aromatic heterocycles. The van der Waals surface area contributed by atoms with Crippen LogP contribution in [0.2, 0.25) is 0 Å². The van der Waals surface area contributed by atoms with E-state index in [1.165, 1.54) is 6.07 Å². The summed E-state index contributed by atoms with van der Waals surface area (Å²) in [6.45, 7) is 2.64. The van der Waals surface area contributed by atoms with E-state index in [1.807, 2.05) is 19.2 Å². The molecule has 1 fully saturated rings. The quantitative estimate of drug-likeness (QED) is 0.887. The third-order valence-electron chi connectivity index (χ3n) is 3.98. The lowest BCUT2D eigenvalue weighted by atomic mass is 9.88. The first-order valence-corrected chi connectivity index (χ1v) is 6.40. The second-order valence-electron chi connectivity index (χ2n) is 4.99. The molecule has 0 bridgehead atoms. The van der Waals surface area contributed by atoms with Gasteiger partial charge in [0.05, 0.1) is 0 Å². The average Bonchev–Trinajstić information content (AvgIpc) is 2.42. The Bertz CT molecular complexity index is 391. The van der Waals surface area contributed by atoms with Gasteiger partial charge in [-0.2, -0.15) is 0 Å². The zero-order chi connectivity index (χ0) is 13.0. The summed E-state index contributed by atoms with van der Waals surface area (Å²) in [6.07, 6.45) is 1.82. The van der Waals surface area contributed by atoms with Crippen molar-refractivity contribution in [3.8, 4) is 0 Å². The molecule has 1 heterocycles. The van der Waals surface area contributed by atoms with E-state index in [2.05, 4.69) is 4.90 Å². The van der Waals surface area contributed by atoms with Crippen LogP contribution < -0.4 is 5.73 Å². The molecule has 1 saturated heterocycles. The smallest absolute Gasteiger partial charge is 0.127 e. The summed E-state index contributed by atoms with van der Waals surface area (Å²) in [5.74, 6) is -0.149. The molecule has 0 radical (unpaired) electrons. The average molecular weight is 252 g/mol. The van der Waals surface area contributed by atoms with Crippen LogP contribution in [0.5, 0.6) is 0 Å². The maximum absolute atomic E-state index is 13.7. The molecule has 1 aromatic rings. The molecule has 3 nitrogen and oxygen atoms in total. The molecular weight excluding hydrogens is 231 g/mol. The monoisotopic (exact) mass is 252 g/mol. The van der Waals surface area contributed by atoms with E-state index in [4.69, 9.17) is 10.5 Å². The Morgan fingerprint density at radius 2 is 2.00 bits per heavy atom. The normalized spacial score (nSPS) is 19.1. The summed E-state index contributed by atoms with van der Waals surface area (Å²) in [4.78, 5) is 2.17. The molecule has 0 aliphatic carbocycles. The van der Waals surface area contributed by atoms with Crippen LogP contribution in [-0.2, 0) is 11.3 Å². The Kier molecular flexibility index (Phi) is 4.32.